The summed E-state index contributed by atoms with van der Waals surface area (Å²) < 4.78 is 0. The lowest BCUT2D eigenvalue weighted by Gasteiger charge is -2.19. The second kappa shape index (κ2) is 3.57. The summed E-state index contributed by atoms with van der Waals surface area (Å²) in [5.41, 5.74) is 0.647. The number of unbranched alkanes of at least 4 members (excludes halogenated alkanes) is 1. The summed E-state index contributed by atoms with van der Waals surface area (Å²) in [6.07, 6.45) is 5.47. The van der Waals surface area contributed by atoms with Crippen molar-refractivity contribution in [1.82, 2.24) is 5.32 Å². The zero-order valence-electron chi connectivity index (χ0n) is 8.11. The second-order valence-electron chi connectivity index (χ2n) is 4.18. The Morgan fingerprint density at radius 3 is 2.55 bits per heavy atom. The molecule has 1 atom stereocenters. The fraction of sp³-hybridized carbons (Fsp3) is 1.00. The highest BCUT2D eigenvalue weighted by Crippen LogP contribution is 2.47. The number of rotatable bonds is 5. The van der Waals surface area contributed by atoms with Crippen LogP contribution in [0.2, 0.25) is 0 Å². The summed E-state index contributed by atoms with van der Waals surface area (Å²) in [6, 6.07) is 0.731. The molecule has 1 aliphatic rings. The lowest BCUT2D eigenvalue weighted by Crippen LogP contribution is -2.33. The van der Waals surface area contributed by atoms with Crippen molar-refractivity contribution in [2.45, 2.75) is 52.5 Å². The third kappa shape index (κ3) is 2.48. The van der Waals surface area contributed by atoms with Gasteiger partial charge in [0.25, 0.3) is 0 Å². The molecule has 1 saturated carbocycles. The average Bonchev–Trinajstić information content (AvgIpc) is 2.70. The van der Waals surface area contributed by atoms with Gasteiger partial charge in [0.1, 0.15) is 0 Å². The minimum atomic E-state index is 0.647. The van der Waals surface area contributed by atoms with Gasteiger partial charge in [-0.1, -0.05) is 20.3 Å². The Bertz CT molecular complexity index is 116. The molecule has 1 fully saturated rings. The smallest absolute Gasteiger partial charge is 0.00925 e. The van der Waals surface area contributed by atoms with Crippen LogP contribution in [0.3, 0.4) is 0 Å². The van der Waals surface area contributed by atoms with Gasteiger partial charge in [-0.2, -0.15) is 0 Å². The Morgan fingerprint density at radius 1 is 1.45 bits per heavy atom. The first-order valence-corrected chi connectivity index (χ1v) is 4.92. The topological polar surface area (TPSA) is 12.0 Å². The van der Waals surface area contributed by atoms with Crippen molar-refractivity contribution in [2.24, 2.45) is 5.41 Å². The van der Waals surface area contributed by atoms with Gasteiger partial charge in [-0.05, 0) is 38.1 Å². The molecule has 0 spiro atoms. The van der Waals surface area contributed by atoms with E-state index in [2.05, 4.69) is 26.1 Å². The van der Waals surface area contributed by atoms with Crippen LogP contribution in [0.5, 0.6) is 0 Å². The second-order valence-corrected chi connectivity index (χ2v) is 4.18. The quantitative estimate of drug-likeness (QED) is 0.602. The monoisotopic (exact) mass is 155 g/mol. The van der Waals surface area contributed by atoms with Gasteiger partial charge in [0.2, 0.25) is 0 Å². The van der Waals surface area contributed by atoms with Crippen LogP contribution in [0.1, 0.15) is 46.5 Å². The highest BCUT2D eigenvalue weighted by Gasteiger charge is 2.41. The molecule has 1 nitrogen and oxygen atoms in total. The number of hydrogen-bond donors (Lipinski definition) is 1. The van der Waals surface area contributed by atoms with Gasteiger partial charge in [0, 0.05) is 6.04 Å². The van der Waals surface area contributed by atoms with E-state index in [0.29, 0.717) is 5.41 Å². The van der Waals surface area contributed by atoms with Gasteiger partial charge in [0.05, 0.1) is 0 Å². The van der Waals surface area contributed by atoms with E-state index in [0.717, 1.165) is 6.04 Å². The maximum Gasteiger partial charge on any atom is 0.00925 e. The molecule has 1 unspecified atom stereocenters. The van der Waals surface area contributed by atoms with Gasteiger partial charge in [-0.15, -0.1) is 0 Å². The van der Waals surface area contributed by atoms with Crippen molar-refractivity contribution >= 4 is 0 Å². The SMILES string of the molecule is CCCCNC(C)C1(C)CC1. The van der Waals surface area contributed by atoms with E-state index in [1.165, 1.54) is 32.2 Å². The van der Waals surface area contributed by atoms with Crippen LogP contribution in [0.25, 0.3) is 0 Å². The Kier molecular flexibility index (Phi) is 2.94. The first-order chi connectivity index (χ1) is 5.19. The molecule has 0 amide bonds. The maximum absolute atomic E-state index is 3.59. The Hall–Kier alpha value is -0.0400. The van der Waals surface area contributed by atoms with E-state index >= 15 is 0 Å². The van der Waals surface area contributed by atoms with Crippen LogP contribution >= 0.6 is 0 Å². The van der Waals surface area contributed by atoms with Gasteiger partial charge in [-0.25, -0.2) is 0 Å². The standard InChI is InChI=1S/C10H21N/c1-4-5-8-11-9(2)10(3)6-7-10/h9,11H,4-8H2,1-3H3. The van der Waals surface area contributed by atoms with Crippen LogP contribution in [-0.4, -0.2) is 12.6 Å². The summed E-state index contributed by atoms with van der Waals surface area (Å²) in [4.78, 5) is 0. The maximum atomic E-state index is 3.59. The van der Waals surface area contributed by atoms with Crippen molar-refractivity contribution < 1.29 is 0 Å². The molecule has 1 N–H and O–H groups in total. The molecule has 66 valence electrons. The molecular formula is C10H21N. The zero-order chi connectivity index (χ0) is 8.32. The van der Waals surface area contributed by atoms with Crippen LogP contribution in [0, 0.1) is 5.41 Å². The molecule has 0 aromatic heterocycles. The molecule has 0 heterocycles. The van der Waals surface area contributed by atoms with Crippen LogP contribution in [0.4, 0.5) is 0 Å². The summed E-state index contributed by atoms with van der Waals surface area (Å²) in [5.74, 6) is 0. The molecule has 1 aliphatic carbocycles. The minimum absolute atomic E-state index is 0.647. The van der Waals surface area contributed by atoms with Crippen molar-refractivity contribution in [1.29, 1.82) is 0 Å². The van der Waals surface area contributed by atoms with E-state index in [-0.39, 0.29) is 0 Å². The average molecular weight is 155 g/mol. The highest BCUT2D eigenvalue weighted by atomic mass is 14.9. The van der Waals surface area contributed by atoms with Gasteiger partial charge >= 0.3 is 0 Å². The zero-order valence-corrected chi connectivity index (χ0v) is 8.11. The van der Waals surface area contributed by atoms with E-state index in [1.807, 2.05) is 0 Å². The molecule has 1 heteroatoms. The third-order valence-electron chi connectivity index (χ3n) is 3.06. The number of nitrogens with one attached hydrogen (secondary N) is 1. The highest BCUT2D eigenvalue weighted by molar-refractivity contribution is 4.96. The summed E-state index contributed by atoms with van der Waals surface area (Å²) >= 11 is 0. The predicted molar refractivity (Wildman–Crippen MR) is 49.7 cm³/mol. The lowest BCUT2D eigenvalue weighted by molar-refractivity contribution is 0.379. The predicted octanol–water partition coefficient (Wildman–Crippen LogP) is 2.56. The molecular weight excluding hydrogens is 134 g/mol. The normalized spacial score (nSPS) is 23.2. The third-order valence-corrected chi connectivity index (χ3v) is 3.06. The van der Waals surface area contributed by atoms with Crippen LogP contribution in [0.15, 0.2) is 0 Å². The van der Waals surface area contributed by atoms with E-state index in [9.17, 15) is 0 Å². The molecule has 0 aromatic carbocycles. The van der Waals surface area contributed by atoms with Crippen molar-refractivity contribution in [3.63, 3.8) is 0 Å². The lowest BCUT2D eigenvalue weighted by atomic mass is 10.0. The fourth-order valence-corrected chi connectivity index (χ4v) is 1.37. The molecule has 0 aromatic rings. The Balaban J connectivity index is 2.06. The Morgan fingerprint density at radius 2 is 2.09 bits per heavy atom. The molecule has 0 saturated heterocycles. The van der Waals surface area contributed by atoms with Crippen LogP contribution in [-0.2, 0) is 0 Å². The van der Waals surface area contributed by atoms with E-state index in [1.54, 1.807) is 0 Å². The molecule has 0 radical (unpaired) electrons. The Labute approximate surface area is 70.6 Å². The number of hydrogen-bond acceptors (Lipinski definition) is 1. The van der Waals surface area contributed by atoms with E-state index in [4.69, 9.17) is 0 Å². The van der Waals surface area contributed by atoms with Crippen molar-refractivity contribution in [2.75, 3.05) is 6.54 Å². The van der Waals surface area contributed by atoms with Gasteiger partial charge in [0.15, 0.2) is 0 Å². The summed E-state index contributed by atoms with van der Waals surface area (Å²) in [7, 11) is 0. The molecule has 0 aliphatic heterocycles. The van der Waals surface area contributed by atoms with Crippen molar-refractivity contribution in [3.8, 4) is 0 Å². The van der Waals surface area contributed by atoms with E-state index < -0.39 is 0 Å². The first kappa shape index (κ1) is 9.05. The molecule has 1 rings (SSSR count). The largest absolute Gasteiger partial charge is 0.314 e. The van der Waals surface area contributed by atoms with Gasteiger partial charge in [-0.3, -0.25) is 0 Å². The molecule has 11 heavy (non-hydrogen) atoms. The van der Waals surface area contributed by atoms with Crippen molar-refractivity contribution in [3.05, 3.63) is 0 Å². The molecule has 0 bridgehead atoms. The minimum Gasteiger partial charge on any atom is -0.314 e. The summed E-state index contributed by atoms with van der Waals surface area (Å²) in [5, 5.41) is 3.59. The van der Waals surface area contributed by atoms with Crippen LogP contribution < -0.4 is 5.32 Å². The fourth-order valence-electron chi connectivity index (χ4n) is 1.37. The van der Waals surface area contributed by atoms with Gasteiger partial charge < -0.3 is 5.32 Å². The summed E-state index contributed by atoms with van der Waals surface area (Å²) in [6.45, 7) is 8.15. The first-order valence-electron chi connectivity index (χ1n) is 4.92.